The third-order valence-electron chi connectivity index (χ3n) is 3.49. The molecule has 1 heterocycles. The lowest BCUT2D eigenvalue weighted by molar-refractivity contribution is -0.128. The smallest absolute Gasteiger partial charge is 0.223 e. The summed E-state index contributed by atoms with van der Waals surface area (Å²) in [6.07, 6.45) is 0.695. The summed E-state index contributed by atoms with van der Waals surface area (Å²) in [6.45, 7) is 1.53. The summed E-state index contributed by atoms with van der Waals surface area (Å²) in [5.41, 5.74) is 0.329. The number of hydrogen-bond donors (Lipinski definition) is 1. The number of carbonyl (C=O) groups excluding carboxylic acids is 1. The number of phenolic OH excluding ortho intramolecular Hbond substituents is 1. The number of benzene rings is 1. The van der Waals surface area contributed by atoms with Gasteiger partial charge in [0.05, 0.1) is 6.61 Å². The van der Waals surface area contributed by atoms with Crippen molar-refractivity contribution >= 4 is 5.91 Å². The third kappa shape index (κ3) is 3.25. The van der Waals surface area contributed by atoms with Crippen molar-refractivity contribution in [3.8, 4) is 5.75 Å². The van der Waals surface area contributed by atoms with E-state index in [-0.39, 0.29) is 17.6 Å². The molecule has 0 spiro atoms. The largest absolute Gasteiger partial charge is 0.508 e. The Morgan fingerprint density at radius 1 is 1.40 bits per heavy atom. The maximum Gasteiger partial charge on any atom is 0.223 e. The molecule has 110 valence electrons. The summed E-state index contributed by atoms with van der Waals surface area (Å²) < 4.78 is 31.0. The monoisotopic (exact) mass is 285 g/mol. The lowest BCUT2D eigenvalue weighted by Gasteiger charge is -2.16. The molecule has 6 heteroatoms. The van der Waals surface area contributed by atoms with Gasteiger partial charge in [-0.2, -0.15) is 0 Å². The molecule has 0 bridgehead atoms. The number of amides is 1. The Morgan fingerprint density at radius 3 is 2.80 bits per heavy atom. The number of hydrogen-bond acceptors (Lipinski definition) is 3. The molecule has 1 amide bonds. The fraction of sp³-hybridized carbons (Fsp3) is 0.500. The van der Waals surface area contributed by atoms with Gasteiger partial charge in [0, 0.05) is 32.7 Å². The van der Waals surface area contributed by atoms with E-state index in [4.69, 9.17) is 4.74 Å². The first-order valence-electron chi connectivity index (χ1n) is 6.45. The average Bonchev–Trinajstić information content (AvgIpc) is 2.74. The molecule has 1 aliphatic heterocycles. The van der Waals surface area contributed by atoms with E-state index in [1.807, 2.05) is 0 Å². The van der Waals surface area contributed by atoms with Crippen LogP contribution in [0.25, 0.3) is 0 Å². The summed E-state index contributed by atoms with van der Waals surface area (Å²) in [5.74, 6) is -2.32. The van der Waals surface area contributed by atoms with E-state index < -0.39 is 11.6 Å². The average molecular weight is 285 g/mol. The predicted octanol–water partition coefficient (Wildman–Crippen LogP) is 1.71. The molecule has 1 unspecified atom stereocenters. The van der Waals surface area contributed by atoms with Gasteiger partial charge in [-0.25, -0.2) is 8.78 Å². The van der Waals surface area contributed by atoms with E-state index in [9.17, 15) is 18.7 Å². The molecule has 0 saturated carbocycles. The summed E-state index contributed by atoms with van der Waals surface area (Å²) >= 11 is 0. The van der Waals surface area contributed by atoms with Crippen molar-refractivity contribution in [1.29, 1.82) is 0 Å². The van der Waals surface area contributed by atoms with Gasteiger partial charge in [0.25, 0.3) is 0 Å². The van der Waals surface area contributed by atoms with Gasteiger partial charge < -0.3 is 14.7 Å². The van der Waals surface area contributed by atoms with Crippen molar-refractivity contribution in [3.63, 3.8) is 0 Å². The Labute approximate surface area is 116 Å². The first-order chi connectivity index (χ1) is 9.51. The zero-order valence-corrected chi connectivity index (χ0v) is 11.2. The van der Waals surface area contributed by atoms with Crippen LogP contribution in [-0.4, -0.2) is 42.7 Å². The van der Waals surface area contributed by atoms with Crippen molar-refractivity contribution in [2.45, 2.75) is 12.8 Å². The van der Waals surface area contributed by atoms with Gasteiger partial charge in [-0.3, -0.25) is 4.79 Å². The highest BCUT2D eigenvalue weighted by molar-refractivity contribution is 5.78. The third-order valence-corrected chi connectivity index (χ3v) is 3.49. The van der Waals surface area contributed by atoms with Gasteiger partial charge in [0.15, 0.2) is 11.6 Å². The number of phenols is 1. The van der Waals surface area contributed by atoms with E-state index >= 15 is 0 Å². The van der Waals surface area contributed by atoms with E-state index in [2.05, 4.69) is 0 Å². The number of methoxy groups -OCH3 is 1. The van der Waals surface area contributed by atoms with Crippen LogP contribution in [0, 0.1) is 17.6 Å². The van der Waals surface area contributed by atoms with Crippen LogP contribution in [0.5, 0.6) is 5.75 Å². The normalized spacial score (nSPS) is 18.9. The van der Waals surface area contributed by atoms with Gasteiger partial charge in [-0.15, -0.1) is 0 Å². The van der Waals surface area contributed by atoms with E-state index in [0.29, 0.717) is 38.1 Å². The molecule has 0 aliphatic carbocycles. The van der Waals surface area contributed by atoms with Gasteiger partial charge in [0.1, 0.15) is 5.75 Å². The number of rotatable bonds is 5. The molecule has 1 N–H and O–H groups in total. The lowest BCUT2D eigenvalue weighted by Crippen LogP contribution is -2.28. The van der Waals surface area contributed by atoms with Crippen LogP contribution < -0.4 is 0 Å². The molecule has 0 aromatic heterocycles. The van der Waals surface area contributed by atoms with Gasteiger partial charge in [-0.1, -0.05) is 0 Å². The summed E-state index contributed by atoms with van der Waals surface area (Å²) in [6, 6.07) is 1.76. The Hall–Kier alpha value is -1.69. The minimum atomic E-state index is -1.07. The van der Waals surface area contributed by atoms with Crippen LogP contribution in [0.15, 0.2) is 12.1 Å². The second-order valence-corrected chi connectivity index (χ2v) is 5.00. The number of ether oxygens (including phenoxy) is 1. The first-order valence-corrected chi connectivity index (χ1v) is 6.45. The Kier molecular flexibility index (Phi) is 4.54. The van der Waals surface area contributed by atoms with Crippen LogP contribution >= 0.6 is 0 Å². The van der Waals surface area contributed by atoms with Gasteiger partial charge in [0.2, 0.25) is 5.91 Å². The van der Waals surface area contributed by atoms with Crippen LogP contribution in [0.1, 0.15) is 12.0 Å². The van der Waals surface area contributed by atoms with Crippen molar-refractivity contribution in [2.24, 2.45) is 5.92 Å². The molecule has 1 saturated heterocycles. The van der Waals surface area contributed by atoms with E-state index in [1.165, 1.54) is 0 Å². The Balaban J connectivity index is 2.01. The summed E-state index contributed by atoms with van der Waals surface area (Å²) in [5, 5.41) is 9.62. The number of likely N-dealkylation sites (tertiary alicyclic amines) is 1. The molecule has 4 nitrogen and oxygen atoms in total. The predicted molar refractivity (Wildman–Crippen MR) is 68.3 cm³/mol. The molecule has 1 aliphatic rings. The van der Waals surface area contributed by atoms with Crippen LogP contribution in [0.3, 0.4) is 0 Å². The minimum absolute atomic E-state index is 0.00452. The summed E-state index contributed by atoms with van der Waals surface area (Å²) in [4.78, 5) is 13.4. The van der Waals surface area contributed by atoms with E-state index in [1.54, 1.807) is 12.0 Å². The van der Waals surface area contributed by atoms with Crippen molar-refractivity contribution in [3.05, 3.63) is 29.3 Å². The number of halogens is 2. The van der Waals surface area contributed by atoms with Gasteiger partial charge in [-0.05, 0) is 24.0 Å². The Bertz CT molecular complexity index is 507. The fourth-order valence-corrected chi connectivity index (χ4v) is 2.46. The molecule has 1 aromatic rings. The standard InChI is InChI=1S/C14H17F2NO3/c1-20-3-2-17-8-9(5-14(17)19)4-10-6-11(15)12(16)7-13(10)18/h6-7,9,18H,2-5,8H2,1H3. The second-order valence-electron chi connectivity index (χ2n) is 5.00. The van der Waals surface area contributed by atoms with Crippen LogP contribution in [-0.2, 0) is 16.0 Å². The van der Waals surface area contributed by atoms with E-state index in [0.717, 1.165) is 12.1 Å². The highest BCUT2D eigenvalue weighted by atomic mass is 19.2. The maximum atomic E-state index is 13.2. The highest BCUT2D eigenvalue weighted by Gasteiger charge is 2.30. The Morgan fingerprint density at radius 2 is 2.10 bits per heavy atom. The highest BCUT2D eigenvalue weighted by Crippen LogP contribution is 2.28. The quantitative estimate of drug-likeness (QED) is 0.896. The second kappa shape index (κ2) is 6.17. The first kappa shape index (κ1) is 14.7. The van der Waals surface area contributed by atoms with Crippen molar-refractivity contribution in [1.82, 2.24) is 4.90 Å². The molecule has 20 heavy (non-hydrogen) atoms. The number of nitrogens with zero attached hydrogens (tertiary/aromatic N) is 1. The molecule has 2 rings (SSSR count). The maximum absolute atomic E-state index is 13.2. The van der Waals surface area contributed by atoms with Crippen LogP contribution in [0.2, 0.25) is 0 Å². The number of carbonyl (C=O) groups is 1. The van der Waals surface area contributed by atoms with Crippen LogP contribution in [0.4, 0.5) is 8.78 Å². The SMILES string of the molecule is COCCN1CC(Cc2cc(F)c(F)cc2O)CC1=O. The minimum Gasteiger partial charge on any atom is -0.508 e. The molecule has 1 atom stereocenters. The van der Waals surface area contributed by atoms with Crippen molar-refractivity contribution < 1.29 is 23.4 Å². The fourth-order valence-electron chi connectivity index (χ4n) is 2.46. The zero-order valence-electron chi connectivity index (χ0n) is 11.2. The van der Waals surface area contributed by atoms with Crippen molar-refractivity contribution in [2.75, 3.05) is 26.8 Å². The molecule has 1 aromatic carbocycles. The molecule has 1 fully saturated rings. The van der Waals surface area contributed by atoms with Gasteiger partial charge >= 0.3 is 0 Å². The molecule has 0 radical (unpaired) electrons. The zero-order chi connectivity index (χ0) is 14.7. The summed E-state index contributed by atoms with van der Waals surface area (Å²) in [7, 11) is 1.57. The topological polar surface area (TPSA) is 49.8 Å². The lowest BCUT2D eigenvalue weighted by atomic mass is 9.97. The molecular formula is C14H17F2NO3. The number of aromatic hydroxyl groups is 1. The molecular weight excluding hydrogens is 268 g/mol.